The second kappa shape index (κ2) is 3.36. The zero-order chi connectivity index (χ0) is 7.61. The zero-order valence-electron chi connectivity index (χ0n) is 5.51. The minimum Gasteiger partial charge on any atom is -0.258 e. The molecule has 1 aliphatic heterocycles. The fourth-order valence-corrected chi connectivity index (χ4v) is 3.11. The Balaban J connectivity index is 2.46. The minimum absolute atomic E-state index is 0.355. The summed E-state index contributed by atoms with van der Waals surface area (Å²) in [6.45, 7) is 0. The third-order valence-corrected chi connectivity index (χ3v) is 4.31. The van der Waals surface area contributed by atoms with E-state index in [1.807, 2.05) is 0 Å². The molecule has 0 aliphatic carbocycles. The Labute approximate surface area is 75.0 Å². The van der Waals surface area contributed by atoms with Gasteiger partial charge in [-0.3, -0.25) is 3.53 Å². The smallest absolute Gasteiger partial charge is 0.150 e. The van der Waals surface area contributed by atoms with Crippen molar-refractivity contribution in [2.24, 2.45) is 0 Å². The summed E-state index contributed by atoms with van der Waals surface area (Å²) in [5, 5.41) is 0. The fourth-order valence-electron chi connectivity index (χ4n) is 0.999. The molecular formula is C5H10INO2S. The standard InChI is InChI=1S/C5H10INO2S/c6-7-5-1-3-10(8,9)4-2-5/h5,7H,1-4H2. The van der Waals surface area contributed by atoms with E-state index in [2.05, 4.69) is 26.4 Å². The number of nitrogens with one attached hydrogen (secondary N) is 1. The summed E-state index contributed by atoms with van der Waals surface area (Å²) in [6.07, 6.45) is 1.54. The average molecular weight is 275 g/mol. The molecule has 60 valence electrons. The van der Waals surface area contributed by atoms with Gasteiger partial charge >= 0.3 is 0 Å². The molecule has 0 unspecified atom stereocenters. The van der Waals surface area contributed by atoms with Crippen LogP contribution in [-0.4, -0.2) is 26.0 Å². The number of halogens is 1. The normalized spacial score (nSPS) is 26.5. The average Bonchev–Trinajstić information content (AvgIpc) is 1.88. The Morgan fingerprint density at radius 1 is 1.30 bits per heavy atom. The molecule has 1 heterocycles. The molecule has 3 nitrogen and oxygen atoms in total. The molecule has 0 aromatic heterocycles. The van der Waals surface area contributed by atoms with E-state index in [1.165, 1.54) is 0 Å². The molecule has 1 saturated heterocycles. The first kappa shape index (κ1) is 8.73. The molecule has 0 radical (unpaired) electrons. The van der Waals surface area contributed by atoms with Crippen LogP contribution < -0.4 is 3.53 Å². The van der Waals surface area contributed by atoms with Gasteiger partial charge in [0.05, 0.1) is 11.5 Å². The molecule has 0 spiro atoms. The van der Waals surface area contributed by atoms with Gasteiger partial charge in [-0.1, -0.05) is 0 Å². The quantitative estimate of drug-likeness (QED) is 0.560. The predicted molar refractivity (Wildman–Crippen MR) is 48.8 cm³/mol. The maximum absolute atomic E-state index is 10.9. The van der Waals surface area contributed by atoms with Gasteiger partial charge in [0, 0.05) is 28.9 Å². The number of hydrogen-bond donors (Lipinski definition) is 1. The second-order valence-electron chi connectivity index (χ2n) is 2.54. The number of rotatable bonds is 1. The molecule has 1 rings (SSSR count). The Kier molecular flexibility index (Phi) is 2.93. The maximum Gasteiger partial charge on any atom is 0.150 e. The van der Waals surface area contributed by atoms with Gasteiger partial charge < -0.3 is 0 Å². The molecule has 0 saturated carbocycles. The molecule has 0 aromatic rings. The lowest BCUT2D eigenvalue weighted by molar-refractivity contribution is 0.537. The maximum atomic E-state index is 10.9. The highest BCUT2D eigenvalue weighted by Gasteiger charge is 2.22. The van der Waals surface area contributed by atoms with Gasteiger partial charge in [0.2, 0.25) is 0 Å². The number of sulfone groups is 1. The summed E-state index contributed by atoms with van der Waals surface area (Å²) < 4.78 is 24.8. The van der Waals surface area contributed by atoms with Crippen molar-refractivity contribution in [3.05, 3.63) is 0 Å². The second-order valence-corrected chi connectivity index (χ2v) is 5.46. The largest absolute Gasteiger partial charge is 0.258 e. The van der Waals surface area contributed by atoms with Crippen LogP contribution in [0.5, 0.6) is 0 Å². The highest BCUT2D eigenvalue weighted by Crippen LogP contribution is 2.12. The third kappa shape index (κ3) is 2.35. The Hall–Kier alpha value is 0.640. The van der Waals surface area contributed by atoms with Crippen molar-refractivity contribution >= 4 is 32.7 Å². The highest BCUT2D eigenvalue weighted by atomic mass is 127. The van der Waals surface area contributed by atoms with Gasteiger partial charge in [-0.25, -0.2) is 8.42 Å². The SMILES string of the molecule is O=S1(=O)CCC(NI)CC1. The van der Waals surface area contributed by atoms with Crippen LogP contribution in [0.3, 0.4) is 0 Å². The number of hydrogen-bond acceptors (Lipinski definition) is 3. The molecule has 10 heavy (non-hydrogen) atoms. The predicted octanol–water partition coefficient (Wildman–Crippen LogP) is 0.503. The highest BCUT2D eigenvalue weighted by molar-refractivity contribution is 14.1. The van der Waals surface area contributed by atoms with Crippen molar-refractivity contribution in [2.45, 2.75) is 18.9 Å². The van der Waals surface area contributed by atoms with Crippen LogP contribution in [0.15, 0.2) is 0 Å². The van der Waals surface area contributed by atoms with Gasteiger partial charge in [-0.05, 0) is 12.8 Å². The van der Waals surface area contributed by atoms with Crippen LogP contribution in [0.1, 0.15) is 12.8 Å². The summed E-state index contributed by atoms with van der Waals surface area (Å²) >= 11 is 2.07. The van der Waals surface area contributed by atoms with Crippen molar-refractivity contribution in [2.75, 3.05) is 11.5 Å². The van der Waals surface area contributed by atoms with E-state index < -0.39 is 9.84 Å². The van der Waals surface area contributed by atoms with Crippen molar-refractivity contribution in [3.8, 4) is 0 Å². The molecular weight excluding hydrogens is 265 g/mol. The summed E-state index contributed by atoms with van der Waals surface area (Å²) in [6, 6.07) is 0.407. The van der Waals surface area contributed by atoms with Gasteiger partial charge in [0.1, 0.15) is 9.84 Å². The topological polar surface area (TPSA) is 46.2 Å². The van der Waals surface area contributed by atoms with E-state index >= 15 is 0 Å². The minimum atomic E-state index is -2.67. The fraction of sp³-hybridized carbons (Fsp3) is 1.00. The molecule has 0 amide bonds. The van der Waals surface area contributed by atoms with Crippen LogP contribution in [0.25, 0.3) is 0 Å². The van der Waals surface area contributed by atoms with Crippen molar-refractivity contribution in [1.82, 2.24) is 3.53 Å². The Morgan fingerprint density at radius 2 is 1.80 bits per heavy atom. The lowest BCUT2D eigenvalue weighted by atomic mass is 10.2. The van der Waals surface area contributed by atoms with E-state index in [4.69, 9.17) is 0 Å². The van der Waals surface area contributed by atoms with E-state index in [-0.39, 0.29) is 0 Å². The first-order valence-corrected chi connectivity index (χ1v) is 6.10. The first-order valence-electron chi connectivity index (χ1n) is 3.20. The van der Waals surface area contributed by atoms with Crippen LogP contribution in [0, 0.1) is 0 Å². The molecule has 1 N–H and O–H groups in total. The molecule has 0 aromatic carbocycles. The molecule has 5 heteroatoms. The monoisotopic (exact) mass is 275 g/mol. The summed E-state index contributed by atoms with van der Waals surface area (Å²) in [5.41, 5.74) is 0. The lowest BCUT2D eigenvalue weighted by Gasteiger charge is -2.19. The zero-order valence-corrected chi connectivity index (χ0v) is 8.48. The van der Waals surface area contributed by atoms with E-state index in [9.17, 15) is 8.42 Å². The van der Waals surface area contributed by atoms with Crippen LogP contribution >= 0.6 is 22.9 Å². The first-order chi connectivity index (χ1) is 4.64. The van der Waals surface area contributed by atoms with Crippen molar-refractivity contribution < 1.29 is 8.42 Å². The molecule has 0 bridgehead atoms. The summed E-state index contributed by atoms with van der Waals surface area (Å²) in [5.74, 6) is 0.710. The van der Waals surface area contributed by atoms with Crippen molar-refractivity contribution in [3.63, 3.8) is 0 Å². The van der Waals surface area contributed by atoms with Gasteiger partial charge in [0.25, 0.3) is 0 Å². The lowest BCUT2D eigenvalue weighted by Crippen LogP contribution is -2.32. The molecule has 0 atom stereocenters. The third-order valence-electron chi connectivity index (χ3n) is 1.71. The Bertz CT molecular complexity index is 188. The Morgan fingerprint density at radius 3 is 2.20 bits per heavy atom. The van der Waals surface area contributed by atoms with Gasteiger partial charge in [0.15, 0.2) is 0 Å². The van der Waals surface area contributed by atoms with Crippen LogP contribution in [0.4, 0.5) is 0 Å². The summed E-state index contributed by atoms with van der Waals surface area (Å²) in [4.78, 5) is 0. The van der Waals surface area contributed by atoms with Gasteiger partial charge in [-0.2, -0.15) is 0 Å². The van der Waals surface area contributed by atoms with Crippen LogP contribution in [0.2, 0.25) is 0 Å². The van der Waals surface area contributed by atoms with E-state index in [0.717, 1.165) is 12.8 Å². The summed E-state index contributed by atoms with van der Waals surface area (Å²) in [7, 11) is -2.67. The van der Waals surface area contributed by atoms with E-state index in [1.54, 1.807) is 0 Å². The molecule has 1 aliphatic rings. The van der Waals surface area contributed by atoms with Crippen molar-refractivity contribution in [1.29, 1.82) is 0 Å². The van der Waals surface area contributed by atoms with E-state index in [0.29, 0.717) is 17.5 Å². The molecule has 1 fully saturated rings. The van der Waals surface area contributed by atoms with Crippen LogP contribution in [-0.2, 0) is 9.84 Å². The van der Waals surface area contributed by atoms with Gasteiger partial charge in [-0.15, -0.1) is 0 Å².